The van der Waals surface area contributed by atoms with Gasteiger partial charge in [0.2, 0.25) is 0 Å². The van der Waals surface area contributed by atoms with Crippen LogP contribution in [0.3, 0.4) is 0 Å². The van der Waals surface area contributed by atoms with E-state index in [2.05, 4.69) is 10.1 Å². The Labute approximate surface area is 188 Å². The molecule has 1 aliphatic heterocycles. The van der Waals surface area contributed by atoms with Gasteiger partial charge in [-0.15, -0.1) is 0 Å². The Bertz CT molecular complexity index is 1390. The first-order valence-corrected chi connectivity index (χ1v) is 11.2. The number of allylic oxidation sites excluding steroid dienone is 1. The Balaban J connectivity index is 1.95. The molecule has 0 spiro atoms. The molecule has 8 nitrogen and oxygen atoms in total. The van der Waals surface area contributed by atoms with Crippen LogP contribution in [-0.2, 0) is 16.1 Å². The minimum atomic E-state index is -0.701. The summed E-state index contributed by atoms with van der Waals surface area (Å²) in [6, 6.07) is 5.76. The van der Waals surface area contributed by atoms with Crippen molar-refractivity contribution in [3.05, 3.63) is 78.2 Å². The van der Waals surface area contributed by atoms with E-state index in [-0.39, 0.29) is 17.9 Å². The highest BCUT2D eigenvalue weighted by Gasteiger charge is 2.33. The molecule has 0 fully saturated rings. The average Bonchev–Trinajstić information content (AvgIpc) is 3.27. The van der Waals surface area contributed by atoms with Gasteiger partial charge in [-0.05, 0) is 51.5 Å². The third-order valence-corrected chi connectivity index (χ3v) is 6.30. The van der Waals surface area contributed by atoms with E-state index in [1.165, 1.54) is 28.0 Å². The van der Waals surface area contributed by atoms with Crippen molar-refractivity contribution >= 4 is 23.4 Å². The number of carbonyl (C=O) groups is 1. The van der Waals surface area contributed by atoms with Gasteiger partial charge < -0.3 is 9.84 Å². The summed E-state index contributed by atoms with van der Waals surface area (Å²) >= 11 is 1.27. The zero-order chi connectivity index (χ0) is 23.0. The summed E-state index contributed by atoms with van der Waals surface area (Å²) in [5.74, 6) is -0.413. The van der Waals surface area contributed by atoms with E-state index in [0.717, 1.165) is 17.8 Å². The molecule has 2 aromatic heterocycles. The van der Waals surface area contributed by atoms with Crippen molar-refractivity contribution in [2.45, 2.75) is 40.3 Å². The molecule has 0 aliphatic carbocycles. The molecule has 1 atom stereocenters. The first-order valence-electron chi connectivity index (χ1n) is 10.4. The molecule has 0 amide bonds. The number of hydrogen-bond acceptors (Lipinski definition) is 7. The van der Waals surface area contributed by atoms with Crippen molar-refractivity contribution in [2.24, 2.45) is 4.99 Å². The summed E-state index contributed by atoms with van der Waals surface area (Å²) in [5, 5.41) is 14.2. The predicted molar refractivity (Wildman–Crippen MR) is 121 cm³/mol. The fourth-order valence-corrected chi connectivity index (χ4v) is 4.78. The van der Waals surface area contributed by atoms with Crippen LogP contribution in [0.2, 0.25) is 0 Å². The first kappa shape index (κ1) is 21.8. The lowest BCUT2D eigenvalue weighted by molar-refractivity contribution is -0.139. The number of thiazole rings is 1. The first-order chi connectivity index (χ1) is 15.3. The Morgan fingerprint density at radius 2 is 1.97 bits per heavy atom. The number of esters is 1. The van der Waals surface area contributed by atoms with Crippen LogP contribution < -0.4 is 14.9 Å². The van der Waals surface area contributed by atoms with Gasteiger partial charge in [0.25, 0.3) is 5.56 Å². The number of aromatic nitrogens is 3. The summed E-state index contributed by atoms with van der Waals surface area (Å²) < 4.78 is 9.13. The number of fused-ring (bicyclic) bond motifs is 1. The van der Waals surface area contributed by atoms with Crippen LogP contribution in [0.15, 0.2) is 51.5 Å². The van der Waals surface area contributed by atoms with Gasteiger partial charge in [0.05, 0.1) is 34.1 Å². The minimum Gasteiger partial charge on any atom is -0.508 e. The highest BCUT2D eigenvalue weighted by atomic mass is 32.1. The van der Waals surface area contributed by atoms with Crippen LogP contribution in [-0.4, -0.2) is 32.0 Å². The molecule has 3 aromatic rings. The third kappa shape index (κ3) is 3.80. The maximum Gasteiger partial charge on any atom is 0.338 e. The van der Waals surface area contributed by atoms with Gasteiger partial charge in [0.15, 0.2) is 4.80 Å². The van der Waals surface area contributed by atoms with Crippen LogP contribution in [0, 0.1) is 6.92 Å². The average molecular weight is 453 g/mol. The van der Waals surface area contributed by atoms with Crippen LogP contribution in [0.5, 0.6) is 5.75 Å². The molecular formula is C23H24N4O4S. The van der Waals surface area contributed by atoms with Gasteiger partial charge in [0.1, 0.15) is 5.75 Å². The predicted octanol–water partition coefficient (Wildman–Crippen LogP) is 2.03. The monoisotopic (exact) mass is 452 g/mol. The van der Waals surface area contributed by atoms with Gasteiger partial charge in [0, 0.05) is 18.3 Å². The number of phenolic OH excluding ortho intramolecular Hbond substituents is 1. The van der Waals surface area contributed by atoms with E-state index in [4.69, 9.17) is 4.74 Å². The maximum atomic E-state index is 13.5. The fourth-order valence-electron chi connectivity index (χ4n) is 3.74. The third-order valence-electron chi connectivity index (χ3n) is 5.32. The standard InChI is InChI=1S/C23H24N4O4S/c1-5-26-12-16(13(3)25-26)11-18-21(29)27-20(15-7-9-17(28)10-8-15)19(22(30)31-6-2)14(4)24-23(27)32-18/h7-12,20,28H,5-6H2,1-4H3/b18-11+/t20-/m1/s1. The molecule has 166 valence electrons. The normalized spacial score (nSPS) is 16.1. The van der Waals surface area contributed by atoms with Crippen molar-refractivity contribution in [1.29, 1.82) is 0 Å². The summed E-state index contributed by atoms with van der Waals surface area (Å²) in [5.41, 5.74) is 2.94. The molecule has 0 saturated carbocycles. The van der Waals surface area contributed by atoms with Gasteiger partial charge in [-0.1, -0.05) is 23.5 Å². The molecule has 0 radical (unpaired) electrons. The second-order valence-electron chi connectivity index (χ2n) is 7.42. The lowest BCUT2D eigenvalue weighted by Gasteiger charge is -2.24. The van der Waals surface area contributed by atoms with Crippen molar-refractivity contribution in [3.8, 4) is 5.75 Å². The number of rotatable bonds is 5. The van der Waals surface area contributed by atoms with Crippen LogP contribution in [0.1, 0.15) is 43.6 Å². The number of hydrogen-bond donors (Lipinski definition) is 1. The Morgan fingerprint density at radius 3 is 2.59 bits per heavy atom. The molecule has 0 saturated heterocycles. The zero-order valence-electron chi connectivity index (χ0n) is 18.3. The number of ether oxygens (including phenoxy) is 1. The van der Waals surface area contributed by atoms with E-state index in [9.17, 15) is 14.7 Å². The zero-order valence-corrected chi connectivity index (χ0v) is 19.1. The summed E-state index contributed by atoms with van der Waals surface area (Å²) in [4.78, 5) is 31.4. The van der Waals surface area contributed by atoms with E-state index in [1.54, 1.807) is 26.0 Å². The quantitative estimate of drug-likeness (QED) is 0.598. The van der Waals surface area contributed by atoms with Crippen molar-refractivity contribution in [2.75, 3.05) is 6.61 Å². The molecule has 9 heteroatoms. The molecule has 0 bridgehead atoms. The van der Waals surface area contributed by atoms with Gasteiger partial charge in [-0.2, -0.15) is 5.10 Å². The van der Waals surface area contributed by atoms with Gasteiger partial charge in [-0.3, -0.25) is 14.0 Å². The van der Waals surface area contributed by atoms with Crippen LogP contribution in [0.4, 0.5) is 0 Å². The van der Waals surface area contributed by atoms with Gasteiger partial charge >= 0.3 is 5.97 Å². The highest BCUT2D eigenvalue weighted by molar-refractivity contribution is 7.07. The number of aromatic hydroxyl groups is 1. The molecule has 32 heavy (non-hydrogen) atoms. The minimum absolute atomic E-state index is 0.1000. The Morgan fingerprint density at radius 1 is 1.25 bits per heavy atom. The van der Waals surface area contributed by atoms with E-state index in [0.29, 0.717) is 26.2 Å². The van der Waals surface area contributed by atoms with E-state index >= 15 is 0 Å². The molecule has 4 rings (SSSR count). The topological polar surface area (TPSA) is 98.7 Å². The molecule has 0 unspecified atom stereocenters. The smallest absolute Gasteiger partial charge is 0.338 e. The molecule has 1 aliphatic rings. The fraction of sp³-hybridized carbons (Fsp3) is 0.304. The second-order valence-corrected chi connectivity index (χ2v) is 8.43. The molecule has 3 heterocycles. The summed E-state index contributed by atoms with van der Waals surface area (Å²) in [6.07, 6.45) is 3.72. The Hall–Kier alpha value is -3.46. The number of carbonyl (C=O) groups excluding carboxylic acids is 1. The molecule has 1 aromatic carbocycles. The second kappa shape index (κ2) is 8.58. The van der Waals surface area contributed by atoms with Crippen LogP contribution in [0.25, 0.3) is 6.08 Å². The van der Waals surface area contributed by atoms with Crippen molar-refractivity contribution in [3.63, 3.8) is 0 Å². The van der Waals surface area contributed by atoms with E-state index < -0.39 is 12.0 Å². The summed E-state index contributed by atoms with van der Waals surface area (Å²) in [7, 11) is 0. The Kier molecular flexibility index (Phi) is 5.84. The molecular weight excluding hydrogens is 428 g/mol. The number of phenols is 1. The van der Waals surface area contributed by atoms with Crippen molar-refractivity contribution in [1.82, 2.24) is 14.3 Å². The molecule has 1 N–H and O–H groups in total. The number of benzene rings is 1. The van der Waals surface area contributed by atoms with E-state index in [1.807, 2.05) is 30.8 Å². The van der Waals surface area contributed by atoms with Crippen LogP contribution >= 0.6 is 11.3 Å². The lowest BCUT2D eigenvalue weighted by Crippen LogP contribution is -2.39. The number of aryl methyl sites for hydroxylation is 2. The maximum absolute atomic E-state index is 13.5. The highest BCUT2D eigenvalue weighted by Crippen LogP contribution is 2.31. The number of nitrogens with zero attached hydrogens (tertiary/aromatic N) is 4. The summed E-state index contributed by atoms with van der Waals surface area (Å²) in [6.45, 7) is 8.32. The largest absolute Gasteiger partial charge is 0.508 e. The van der Waals surface area contributed by atoms with Crippen molar-refractivity contribution < 1.29 is 14.6 Å². The SMILES string of the molecule is CCOC(=O)C1=C(C)N=c2s/c(=C/c3cn(CC)nc3C)c(=O)n2[C@@H]1c1ccc(O)cc1. The lowest BCUT2D eigenvalue weighted by atomic mass is 9.96. The van der Waals surface area contributed by atoms with Gasteiger partial charge in [-0.25, -0.2) is 9.79 Å².